The minimum absolute atomic E-state index is 0.0341. The van der Waals surface area contributed by atoms with Crippen LogP contribution in [0.3, 0.4) is 0 Å². The van der Waals surface area contributed by atoms with Crippen LogP contribution in [-0.2, 0) is 21.5 Å². The first-order chi connectivity index (χ1) is 15.1. The van der Waals surface area contributed by atoms with Gasteiger partial charge in [-0.05, 0) is 33.7 Å². The van der Waals surface area contributed by atoms with E-state index in [4.69, 9.17) is 4.18 Å². The summed E-state index contributed by atoms with van der Waals surface area (Å²) in [7, 11) is -5.99. The van der Waals surface area contributed by atoms with Crippen LogP contribution >= 0.6 is 0 Å². The van der Waals surface area contributed by atoms with Crippen molar-refractivity contribution >= 4 is 43.0 Å². The number of benzene rings is 4. The summed E-state index contributed by atoms with van der Waals surface area (Å²) in [5.74, 6) is -0.749. The topological polar surface area (TPSA) is 89.9 Å². The zero-order valence-corrected chi connectivity index (χ0v) is 17.5. The first-order valence-corrected chi connectivity index (χ1v) is 11.4. The van der Waals surface area contributed by atoms with Crippen LogP contribution in [0.2, 0.25) is 0 Å². The summed E-state index contributed by atoms with van der Waals surface area (Å²) in [5, 5.41) is 2.01. The van der Waals surface area contributed by atoms with E-state index in [0.29, 0.717) is 21.5 Å². The summed E-state index contributed by atoms with van der Waals surface area (Å²) in [6.07, 6.45) is 0. The summed E-state index contributed by atoms with van der Waals surface area (Å²) in [5.41, 5.74) is -5.58. The van der Waals surface area contributed by atoms with Gasteiger partial charge >= 0.3 is 27.0 Å². The molecule has 32 heavy (non-hydrogen) atoms. The molecule has 0 fully saturated rings. The van der Waals surface area contributed by atoms with Crippen molar-refractivity contribution in [2.45, 2.75) is 5.51 Å². The van der Waals surface area contributed by atoms with Crippen LogP contribution in [0.1, 0.15) is 0 Å². The van der Waals surface area contributed by atoms with Gasteiger partial charge in [0, 0.05) is 11.1 Å². The molecular formula is C21H13F3O6S2. The van der Waals surface area contributed by atoms with E-state index in [1.807, 2.05) is 0 Å². The fourth-order valence-electron chi connectivity index (χ4n) is 3.40. The quantitative estimate of drug-likeness (QED) is 0.233. The third-order valence-corrected chi connectivity index (χ3v) is 5.96. The third kappa shape index (κ3) is 4.01. The Morgan fingerprint density at radius 1 is 0.750 bits per heavy atom. The fourth-order valence-corrected chi connectivity index (χ4v) is 4.16. The molecule has 11 heteroatoms. The van der Waals surface area contributed by atoms with Crippen LogP contribution in [0.15, 0.2) is 72.8 Å². The second kappa shape index (κ2) is 8.08. The van der Waals surface area contributed by atoms with Gasteiger partial charge in [0.2, 0.25) is 0 Å². The Kier molecular flexibility index (Phi) is 5.57. The van der Waals surface area contributed by atoms with E-state index < -0.39 is 32.7 Å². The van der Waals surface area contributed by atoms with Gasteiger partial charge in [0.05, 0.1) is 0 Å². The number of hydrogen-bond donors (Lipinski definition) is 1. The zero-order valence-electron chi connectivity index (χ0n) is 15.9. The van der Waals surface area contributed by atoms with E-state index in [9.17, 15) is 30.4 Å². The molecule has 0 aliphatic rings. The number of fused-ring (bicyclic) bond motifs is 2. The summed E-state index contributed by atoms with van der Waals surface area (Å²) in [6, 6.07) is 18.8. The SMILES string of the molecule is O=S(O)Oc1ccc2ccccc2c1-c1c(OS(=O)(=O)C(F)(F)F)ccc2ccccc12. The molecule has 0 radical (unpaired) electrons. The normalized spacial score (nSPS) is 13.2. The third-order valence-electron chi connectivity index (χ3n) is 4.68. The van der Waals surface area contributed by atoms with Gasteiger partial charge in [0.15, 0.2) is 11.5 Å². The summed E-state index contributed by atoms with van der Waals surface area (Å²) in [4.78, 5) is 0. The van der Waals surface area contributed by atoms with Crippen molar-refractivity contribution in [2.75, 3.05) is 0 Å². The fraction of sp³-hybridized carbons (Fsp3) is 0.0476. The van der Waals surface area contributed by atoms with Crippen molar-refractivity contribution in [3.8, 4) is 22.6 Å². The maximum Gasteiger partial charge on any atom is 0.534 e. The molecule has 1 N–H and O–H groups in total. The lowest BCUT2D eigenvalue weighted by Crippen LogP contribution is -2.28. The molecule has 0 amide bonds. The Balaban J connectivity index is 2.13. The average Bonchev–Trinajstić information content (AvgIpc) is 2.72. The van der Waals surface area contributed by atoms with Crippen LogP contribution in [-0.4, -0.2) is 22.7 Å². The minimum Gasteiger partial charge on any atom is -0.379 e. The van der Waals surface area contributed by atoms with Crippen molar-refractivity contribution in [2.24, 2.45) is 0 Å². The Bertz CT molecular complexity index is 1470. The van der Waals surface area contributed by atoms with E-state index >= 15 is 0 Å². The van der Waals surface area contributed by atoms with Crippen molar-refractivity contribution in [3.63, 3.8) is 0 Å². The number of rotatable bonds is 5. The molecule has 1 unspecified atom stereocenters. The first kappa shape index (κ1) is 22.1. The maximum atomic E-state index is 13.1. The molecule has 0 saturated carbocycles. The Morgan fingerprint density at radius 2 is 1.22 bits per heavy atom. The molecule has 0 heterocycles. The highest BCUT2D eigenvalue weighted by atomic mass is 32.2. The molecule has 166 valence electrons. The molecular weight excluding hydrogens is 469 g/mol. The molecule has 6 nitrogen and oxygen atoms in total. The largest absolute Gasteiger partial charge is 0.534 e. The predicted octanol–water partition coefficient (Wildman–Crippen LogP) is 5.40. The molecule has 0 bridgehead atoms. The Hall–Kier alpha value is -3.15. The molecule has 4 rings (SSSR count). The highest BCUT2D eigenvalue weighted by Crippen LogP contribution is 2.46. The highest BCUT2D eigenvalue weighted by molar-refractivity contribution is 7.88. The van der Waals surface area contributed by atoms with Gasteiger partial charge in [0.1, 0.15) is 0 Å². The van der Waals surface area contributed by atoms with Gasteiger partial charge in [-0.15, -0.1) is 0 Å². The van der Waals surface area contributed by atoms with E-state index in [0.717, 1.165) is 6.07 Å². The number of hydrogen-bond acceptors (Lipinski definition) is 5. The van der Waals surface area contributed by atoms with Crippen molar-refractivity contribution in [1.82, 2.24) is 0 Å². The lowest BCUT2D eigenvalue weighted by Gasteiger charge is -2.18. The highest BCUT2D eigenvalue weighted by Gasteiger charge is 2.49. The Morgan fingerprint density at radius 3 is 1.72 bits per heavy atom. The summed E-state index contributed by atoms with van der Waals surface area (Å²) in [6.45, 7) is 0. The van der Waals surface area contributed by atoms with E-state index in [-0.39, 0.29) is 16.9 Å². The van der Waals surface area contributed by atoms with Gasteiger partial charge < -0.3 is 8.37 Å². The lowest BCUT2D eigenvalue weighted by atomic mass is 9.92. The average molecular weight is 482 g/mol. The molecule has 0 saturated heterocycles. The smallest absolute Gasteiger partial charge is 0.379 e. The molecule has 0 aliphatic carbocycles. The monoisotopic (exact) mass is 482 g/mol. The van der Waals surface area contributed by atoms with E-state index in [1.165, 1.54) is 12.1 Å². The standard InChI is InChI=1S/C21H13F3O6S2/c22-21(23,24)32(27,28)30-18-12-10-14-6-2-4-8-16(14)20(18)19-15-7-3-1-5-13(15)9-11-17(19)29-31(25)26/h1-12H,(H,25,26). The van der Waals surface area contributed by atoms with Crippen LogP contribution in [0, 0.1) is 0 Å². The Labute approximate surface area is 182 Å². The van der Waals surface area contributed by atoms with Crippen LogP contribution in [0.4, 0.5) is 13.2 Å². The van der Waals surface area contributed by atoms with Crippen molar-refractivity contribution < 1.29 is 38.7 Å². The lowest BCUT2D eigenvalue weighted by molar-refractivity contribution is -0.0499. The van der Waals surface area contributed by atoms with Gasteiger partial charge in [-0.3, -0.25) is 4.55 Å². The molecule has 0 aromatic heterocycles. The van der Waals surface area contributed by atoms with Crippen molar-refractivity contribution in [1.29, 1.82) is 0 Å². The maximum absolute atomic E-state index is 13.1. The van der Waals surface area contributed by atoms with Gasteiger partial charge in [-0.2, -0.15) is 25.8 Å². The zero-order chi connectivity index (χ0) is 23.1. The minimum atomic E-state index is -5.99. The first-order valence-electron chi connectivity index (χ1n) is 8.92. The van der Waals surface area contributed by atoms with Crippen LogP contribution in [0.5, 0.6) is 11.5 Å². The van der Waals surface area contributed by atoms with Crippen LogP contribution in [0.25, 0.3) is 32.7 Å². The summed E-state index contributed by atoms with van der Waals surface area (Å²) < 4.78 is 93.0. The van der Waals surface area contributed by atoms with E-state index in [1.54, 1.807) is 54.6 Å². The number of halogens is 3. The number of alkyl halides is 3. The second-order valence-corrected chi connectivity index (χ2v) is 8.74. The van der Waals surface area contributed by atoms with Gasteiger partial charge in [-0.1, -0.05) is 60.7 Å². The predicted molar refractivity (Wildman–Crippen MR) is 114 cm³/mol. The second-order valence-electron chi connectivity index (χ2n) is 6.60. The molecule has 4 aromatic rings. The van der Waals surface area contributed by atoms with Gasteiger partial charge in [-0.25, -0.2) is 0 Å². The molecule has 4 aromatic carbocycles. The molecule has 0 aliphatic heterocycles. The summed E-state index contributed by atoms with van der Waals surface area (Å²) >= 11 is -2.76. The van der Waals surface area contributed by atoms with E-state index in [2.05, 4.69) is 4.18 Å². The molecule has 0 spiro atoms. The molecule has 1 atom stereocenters. The van der Waals surface area contributed by atoms with Crippen LogP contribution < -0.4 is 8.37 Å². The van der Waals surface area contributed by atoms with Gasteiger partial charge in [0.25, 0.3) is 0 Å². The van der Waals surface area contributed by atoms with Crippen molar-refractivity contribution in [3.05, 3.63) is 72.8 Å².